The summed E-state index contributed by atoms with van der Waals surface area (Å²) in [5.41, 5.74) is 2.33. The van der Waals surface area contributed by atoms with E-state index in [9.17, 15) is 9.18 Å². The van der Waals surface area contributed by atoms with E-state index in [0.29, 0.717) is 14.9 Å². The first-order valence-corrected chi connectivity index (χ1v) is 8.07. The highest BCUT2D eigenvalue weighted by Gasteiger charge is 2.23. The van der Waals surface area contributed by atoms with Gasteiger partial charge in [0.1, 0.15) is 10.1 Å². The predicted molar refractivity (Wildman–Crippen MR) is 88.9 cm³/mol. The zero-order chi connectivity index (χ0) is 15.0. The van der Waals surface area contributed by atoms with Crippen molar-refractivity contribution < 1.29 is 9.18 Å². The van der Waals surface area contributed by atoms with Gasteiger partial charge in [-0.15, -0.1) is 0 Å². The molecule has 1 amide bonds. The average molecular weight is 322 g/mol. The van der Waals surface area contributed by atoms with E-state index >= 15 is 0 Å². The molecule has 0 atom stereocenters. The van der Waals surface area contributed by atoms with Gasteiger partial charge in [0, 0.05) is 13.1 Å². The van der Waals surface area contributed by atoms with Crippen molar-refractivity contribution in [3.8, 4) is 0 Å². The fourth-order valence-electron chi connectivity index (χ4n) is 2.60. The van der Waals surface area contributed by atoms with Gasteiger partial charge in [-0.1, -0.05) is 24.0 Å². The van der Waals surface area contributed by atoms with Crippen molar-refractivity contribution in [1.29, 1.82) is 0 Å². The predicted octanol–water partition coefficient (Wildman–Crippen LogP) is 3.22. The minimum atomic E-state index is -0.236. The van der Waals surface area contributed by atoms with Gasteiger partial charge in [0.2, 0.25) is 0 Å². The number of nitrogens with zero attached hydrogens (tertiary/aromatic N) is 1. The minimum Gasteiger partial charge on any atom is -0.369 e. The van der Waals surface area contributed by atoms with Crippen molar-refractivity contribution in [2.45, 2.75) is 19.8 Å². The van der Waals surface area contributed by atoms with Gasteiger partial charge >= 0.3 is 0 Å². The molecule has 3 nitrogen and oxygen atoms in total. The molecular formula is C15H15FN2OS2. The Bertz CT molecular complexity index is 651. The number of nitrogens with one attached hydrogen (secondary N) is 1. The van der Waals surface area contributed by atoms with E-state index in [4.69, 9.17) is 12.2 Å². The van der Waals surface area contributed by atoms with E-state index in [2.05, 4.69) is 10.2 Å². The molecule has 1 aromatic carbocycles. The average Bonchev–Trinajstić information content (AvgIpc) is 3.04. The molecule has 0 aromatic heterocycles. The molecule has 3 rings (SSSR count). The SMILES string of the molecule is Cc1cc(N2CCCC2)c(F)cc1C=C1SC(=S)NC1=O. The molecule has 0 aliphatic carbocycles. The van der Waals surface area contributed by atoms with Crippen LogP contribution < -0.4 is 10.2 Å². The van der Waals surface area contributed by atoms with Gasteiger partial charge in [-0.3, -0.25) is 4.79 Å². The Hall–Kier alpha value is -1.40. The molecular weight excluding hydrogens is 307 g/mol. The molecule has 21 heavy (non-hydrogen) atoms. The number of carbonyl (C=O) groups excluding carboxylic acids is 1. The number of thioether (sulfide) groups is 1. The van der Waals surface area contributed by atoms with E-state index in [-0.39, 0.29) is 11.7 Å². The van der Waals surface area contributed by atoms with E-state index in [1.165, 1.54) is 17.8 Å². The summed E-state index contributed by atoms with van der Waals surface area (Å²) in [6, 6.07) is 3.37. The van der Waals surface area contributed by atoms with Gasteiger partial charge in [-0.2, -0.15) is 0 Å². The molecule has 1 aromatic rings. The van der Waals surface area contributed by atoms with Crippen LogP contribution in [0.2, 0.25) is 0 Å². The molecule has 2 heterocycles. The van der Waals surface area contributed by atoms with E-state index in [0.717, 1.165) is 37.1 Å². The summed E-state index contributed by atoms with van der Waals surface area (Å²) in [5.74, 6) is -0.450. The van der Waals surface area contributed by atoms with Crippen LogP contribution in [0.3, 0.4) is 0 Å². The summed E-state index contributed by atoms with van der Waals surface area (Å²) in [5, 5.41) is 2.56. The number of hydrogen-bond donors (Lipinski definition) is 1. The van der Waals surface area contributed by atoms with Gasteiger partial charge in [0.15, 0.2) is 0 Å². The summed E-state index contributed by atoms with van der Waals surface area (Å²) < 4.78 is 14.8. The Morgan fingerprint density at radius 3 is 2.71 bits per heavy atom. The second-order valence-corrected chi connectivity index (χ2v) is 6.93. The van der Waals surface area contributed by atoms with E-state index in [1.54, 1.807) is 6.08 Å². The number of thiocarbonyl (C=S) groups is 1. The Morgan fingerprint density at radius 1 is 1.38 bits per heavy atom. The quantitative estimate of drug-likeness (QED) is 0.669. The molecule has 2 aliphatic heterocycles. The number of rotatable bonds is 2. The number of hydrogen-bond acceptors (Lipinski definition) is 4. The van der Waals surface area contributed by atoms with Gasteiger partial charge in [-0.05, 0) is 49.1 Å². The van der Waals surface area contributed by atoms with Gasteiger partial charge < -0.3 is 10.2 Å². The highest BCUT2D eigenvalue weighted by atomic mass is 32.2. The lowest BCUT2D eigenvalue weighted by Crippen LogP contribution is -2.19. The van der Waals surface area contributed by atoms with Crippen molar-refractivity contribution in [3.05, 3.63) is 34.0 Å². The molecule has 0 bridgehead atoms. The fourth-order valence-corrected chi connectivity index (χ4v) is 3.63. The highest BCUT2D eigenvalue weighted by molar-refractivity contribution is 8.26. The Morgan fingerprint density at radius 2 is 2.10 bits per heavy atom. The Labute approximate surface area is 132 Å². The zero-order valence-electron chi connectivity index (χ0n) is 11.6. The van der Waals surface area contributed by atoms with Crippen molar-refractivity contribution in [3.63, 3.8) is 0 Å². The molecule has 0 spiro atoms. The second kappa shape index (κ2) is 5.77. The molecule has 0 saturated carbocycles. The van der Waals surface area contributed by atoms with Crippen molar-refractivity contribution in [2.75, 3.05) is 18.0 Å². The molecule has 2 fully saturated rings. The molecule has 6 heteroatoms. The Balaban J connectivity index is 1.94. The molecule has 2 saturated heterocycles. The van der Waals surface area contributed by atoms with Crippen LogP contribution >= 0.6 is 24.0 Å². The topological polar surface area (TPSA) is 32.3 Å². The molecule has 110 valence electrons. The maximum Gasteiger partial charge on any atom is 0.263 e. The summed E-state index contributed by atoms with van der Waals surface area (Å²) in [6.45, 7) is 3.74. The summed E-state index contributed by atoms with van der Waals surface area (Å²) >= 11 is 6.16. The third-order valence-corrected chi connectivity index (χ3v) is 4.87. The number of carbonyl (C=O) groups is 1. The third-order valence-electron chi connectivity index (χ3n) is 3.71. The third kappa shape index (κ3) is 2.96. The summed E-state index contributed by atoms with van der Waals surface area (Å²) in [6.07, 6.45) is 3.92. The number of anilines is 1. The standard InChI is InChI=1S/C15H15FN2OS2/c1-9-6-12(18-4-2-3-5-18)11(16)7-10(9)8-13-14(19)17-15(20)21-13/h6-8H,2-5H2,1H3,(H,17,19,20). The Kier molecular flexibility index (Phi) is 3.99. The van der Waals surface area contributed by atoms with Crippen LogP contribution in [0.4, 0.5) is 10.1 Å². The van der Waals surface area contributed by atoms with Crippen LogP contribution in [-0.2, 0) is 4.79 Å². The lowest BCUT2D eigenvalue weighted by molar-refractivity contribution is -0.115. The summed E-state index contributed by atoms with van der Waals surface area (Å²) in [4.78, 5) is 14.3. The maximum atomic E-state index is 14.3. The van der Waals surface area contributed by atoms with Gasteiger partial charge in [0.05, 0.1) is 10.6 Å². The molecule has 0 unspecified atom stereocenters. The number of benzene rings is 1. The summed E-state index contributed by atoms with van der Waals surface area (Å²) in [7, 11) is 0. The van der Waals surface area contributed by atoms with Crippen LogP contribution in [0.25, 0.3) is 6.08 Å². The largest absolute Gasteiger partial charge is 0.369 e. The van der Waals surface area contributed by atoms with Crippen LogP contribution in [-0.4, -0.2) is 23.3 Å². The van der Waals surface area contributed by atoms with Crippen LogP contribution in [0.5, 0.6) is 0 Å². The van der Waals surface area contributed by atoms with Crippen LogP contribution in [0.1, 0.15) is 24.0 Å². The van der Waals surface area contributed by atoms with Crippen LogP contribution in [0, 0.1) is 12.7 Å². The first-order valence-electron chi connectivity index (χ1n) is 6.84. The van der Waals surface area contributed by atoms with Crippen LogP contribution in [0.15, 0.2) is 17.0 Å². The van der Waals surface area contributed by atoms with Crippen molar-refractivity contribution in [2.24, 2.45) is 0 Å². The monoisotopic (exact) mass is 322 g/mol. The highest BCUT2D eigenvalue weighted by Crippen LogP contribution is 2.30. The van der Waals surface area contributed by atoms with Crippen molar-refractivity contribution in [1.82, 2.24) is 5.32 Å². The first-order chi connectivity index (χ1) is 10.0. The van der Waals surface area contributed by atoms with E-state index in [1.807, 2.05) is 13.0 Å². The first kappa shape index (κ1) is 14.5. The fraction of sp³-hybridized carbons (Fsp3) is 0.333. The molecule has 1 N–H and O–H groups in total. The normalized spacial score (nSPS) is 20.5. The van der Waals surface area contributed by atoms with E-state index < -0.39 is 0 Å². The lowest BCUT2D eigenvalue weighted by atomic mass is 10.1. The molecule has 2 aliphatic rings. The smallest absolute Gasteiger partial charge is 0.263 e. The maximum absolute atomic E-state index is 14.3. The number of amides is 1. The number of halogens is 1. The lowest BCUT2D eigenvalue weighted by Gasteiger charge is -2.19. The zero-order valence-corrected chi connectivity index (χ0v) is 13.2. The number of aryl methyl sites for hydroxylation is 1. The molecule has 0 radical (unpaired) electrons. The minimum absolute atomic E-state index is 0.214. The van der Waals surface area contributed by atoms with Gasteiger partial charge in [0.25, 0.3) is 5.91 Å². The van der Waals surface area contributed by atoms with Gasteiger partial charge in [-0.25, -0.2) is 4.39 Å². The second-order valence-electron chi connectivity index (χ2n) is 5.21. The van der Waals surface area contributed by atoms with Crippen molar-refractivity contribution >= 4 is 46.0 Å².